The molecule has 4 atom stereocenters. The van der Waals surface area contributed by atoms with Crippen LogP contribution in [0.5, 0.6) is 5.75 Å². The van der Waals surface area contributed by atoms with Gasteiger partial charge in [0.15, 0.2) is 6.10 Å². The Morgan fingerprint density at radius 1 is 1.16 bits per heavy atom. The fourth-order valence-corrected chi connectivity index (χ4v) is 4.54. The Morgan fingerprint density at radius 3 is 2.52 bits per heavy atom. The van der Waals surface area contributed by atoms with E-state index in [1.807, 2.05) is 36.7 Å². The molecule has 1 saturated carbocycles. The number of nitrogens with one attached hydrogen (secondary N) is 1. The van der Waals surface area contributed by atoms with E-state index in [1.54, 1.807) is 6.92 Å². The summed E-state index contributed by atoms with van der Waals surface area (Å²) in [6.07, 6.45) is 3.27. The average Bonchev–Trinajstić information content (AvgIpc) is 3.22. The lowest BCUT2D eigenvalue weighted by Gasteiger charge is -2.19. The Kier molecular flexibility index (Phi) is 7.17. The number of benzene rings is 1. The smallest absolute Gasteiger partial charge is 0.333 e. The number of carbonyl (C=O) groups is 1. The first-order chi connectivity index (χ1) is 15.1. The molecule has 1 aromatic heterocycles. The summed E-state index contributed by atoms with van der Waals surface area (Å²) in [6, 6.07) is 12.4. The van der Waals surface area contributed by atoms with Gasteiger partial charge < -0.3 is 19.9 Å². The number of aromatic nitrogens is 1. The standard InChI is InChI=1S/C24H31N3O4/c1-2-30-22(24(28)29)13-17-3-5-19(6-4-17)31-12-11-26-23-20-15-27(16-21(20)23)14-18-7-9-25-10-8-18/h3-10,20-23,26H,2,11-16H2,1H3,(H,28,29)/t20-,21?,22-,23?/m0/s1. The van der Waals surface area contributed by atoms with Crippen molar-refractivity contribution in [3.63, 3.8) is 0 Å². The Hall–Kier alpha value is -2.48. The lowest BCUT2D eigenvalue weighted by Crippen LogP contribution is -2.33. The highest BCUT2D eigenvalue weighted by Crippen LogP contribution is 2.45. The summed E-state index contributed by atoms with van der Waals surface area (Å²) >= 11 is 0. The molecule has 1 aliphatic heterocycles. The third-order valence-corrected chi connectivity index (χ3v) is 6.16. The van der Waals surface area contributed by atoms with Crippen LogP contribution in [0.3, 0.4) is 0 Å². The molecule has 7 heteroatoms. The maximum absolute atomic E-state index is 11.2. The predicted molar refractivity (Wildman–Crippen MR) is 117 cm³/mol. The fraction of sp³-hybridized carbons (Fsp3) is 0.500. The molecule has 2 heterocycles. The molecule has 0 radical (unpaired) electrons. The van der Waals surface area contributed by atoms with Crippen molar-refractivity contribution in [1.82, 2.24) is 15.2 Å². The number of ether oxygens (including phenoxy) is 2. The van der Waals surface area contributed by atoms with Crippen LogP contribution in [0.4, 0.5) is 0 Å². The summed E-state index contributed by atoms with van der Waals surface area (Å²) in [7, 11) is 0. The van der Waals surface area contributed by atoms with Gasteiger partial charge >= 0.3 is 5.97 Å². The second-order valence-corrected chi connectivity index (χ2v) is 8.34. The molecule has 2 unspecified atom stereocenters. The molecular weight excluding hydrogens is 394 g/mol. The molecule has 2 aliphatic rings. The second-order valence-electron chi connectivity index (χ2n) is 8.34. The van der Waals surface area contributed by atoms with E-state index < -0.39 is 12.1 Å². The van der Waals surface area contributed by atoms with E-state index in [9.17, 15) is 9.90 Å². The normalized spacial score (nSPS) is 23.3. The number of pyridine rings is 1. The molecule has 31 heavy (non-hydrogen) atoms. The number of hydrogen-bond donors (Lipinski definition) is 2. The van der Waals surface area contributed by atoms with Crippen LogP contribution in [0.15, 0.2) is 48.8 Å². The van der Waals surface area contributed by atoms with E-state index in [2.05, 4.69) is 27.3 Å². The van der Waals surface area contributed by atoms with Gasteiger partial charge in [0.05, 0.1) is 0 Å². The van der Waals surface area contributed by atoms with Crippen LogP contribution in [0.1, 0.15) is 18.1 Å². The SMILES string of the molecule is CCO[C@@H](Cc1ccc(OCCNC2C3CN(Cc4ccncc4)C[C@@H]32)cc1)C(=O)O. The highest BCUT2D eigenvalue weighted by Gasteiger charge is 2.55. The maximum Gasteiger partial charge on any atom is 0.333 e. The lowest BCUT2D eigenvalue weighted by atomic mass is 10.1. The van der Waals surface area contributed by atoms with Gasteiger partial charge in [0.25, 0.3) is 0 Å². The van der Waals surface area contributed by atoms with Crippen molar-refractivity contribution < 1.29 is 19.4 Å². The first-order valence-corrected chi connectivity index (χ1v) is 11.0. The molecule has 1 aliphatic carbocycles. The van der Waals surface area contributed by atoms with Crippen molar-refractivity contribution in [2.75, 3.05) is 32.8 Å². The lowest BCUT2D eigenvalue weighted by molar-refractivity contribution is -0.149. The minimum Gasteiger partial charge on any atom is -0.492 e. The van der Waals surface area contributed by atoms with Crippen LogP contribution in [0.25, 0.3) is 0 Å². The van der Waals surface area contributed by atoms with Gasteiger partial charge in [-0.2, -0.15) is 0 Å². The van der Waals surface area contributed by atoms with Gasteiger partial charge in [-0.15, -0.1) is 0 Å². The topological polar surface area (TPSA) is 83.9 Å². The highest BCUT2D eigenvalue weighted by molar-refractivity contribution is 5.72. The highest BCUT2D eigenvalue weighted by atomic mass is 16.5. The number of rotatable bonds is 12. The van der Waals surface area contributed by atoms with E-state index in [0.717, 1.165) is 49.3 Å². The van der Waals surface area contributed by atoms with Gasteiger partial charge in [-0.25, -0.2) is 4.79 Å². The van der Waals surface area contributed by atoms with E-state index in [1.165, 1.54) is 5.56 Å². The zero-order chi connectivity index (χ0) is 21.6. The largest absolute Gasteiger partial charge is 0.492 e. The third-order valence-electron chi connectivity index (χ3n) is 6.16. The summed E-state index contributed by atoms with van der Waals surface area (Å²) in [6.45, 7) is 6.96. The molecule has 0 spiro atoms. The number of piperidine rings is 1. The molecule has 166 valence electrons. The van der Waals surface area contributed by atoms with Gasteiger partial charge in [-0.05, 0) is 54.2 Å². The van der Waals surface area contributed by atoms with Gasteiger partial charge in [0, 0.05) is 57.6 Å². The van der Waals surface area contributed by atoms with E-state index in [0.29, 0.717) is 25.7 Å². The fourth-order valence-electron chi connectivity index (χ4n) is 4.54. The molecule has 1 aromatic carbocycles. The third kappa shape index (κ3) is 5.81. The van der Waals surface area contributed by atoms with Crippen LogP contribution >= 0.6 is 0 Å². The minimum absolute atomic E-state index is 0.355. The Labute approximate surface area is 183 Å². The molecule has 4 rings (SSSR count). The number of hydrogen-bond acceptors (Lipinski definition) is 6. The van der Waals surface area contributed by atoms with Gasteiger partial charge in [-0.1, -0.05) is 12.1 Å². The summed E-state index contributed by atoms with van der Waals surface area (Å²) < 4.78 is 11.1. The van der Waals surface area contributed by atoms with Crippen molar-refractivity contribution in [3.8, 4) is 5.75 Å². The van der Waals surface area contributed by atoms with Crippen LogP contribution in [0, 0.1) is 11.8 Å². The number of carboxylic acid groups (broad SMARTS) is 1. The number of carboxylic acids is 1. The van der Waals surface area contributed by atoms with Crippen LogP contribution in [0.2, 0.25) is 0 Å². The average molecular weight is 426 g/mol. The number of nitrogens with zero attached hydrogens (tertiary/aromatic N) is 2. The summed E-state index contributed by atoms with van der Waals surface area (Å²) in [5.41, 5.74) is 2.25. The van der Waals surface area contributed by atoms with E-state index in [4.69, 9.17) is 9.47 Å². The Bertz CT molecular complexity index is 834. The number of likely N-dealkylation sites (tertiary alicyclic amines) is 1. The van der Waals surface area contributed by atoms with Gasteiger partial charge in [0.2, 0.25) is 0 Å². The zero-order valence-corrected chi connectivity index (χ0v) is 17.9. The molecule has 2 aromatic rings. The predicted octanol–water partition coefficient (Wildman–Crippen LogP) is 2.21. The van der Waals surface area contributed by atoms with E-state index >= 15 is 0 Å². The maximum atomic E-state index is 11.2. The number of aliphatic carboxylic acids is 1. The van der Waals surface area contributed by atoms with Crippen LogP contribution < -0.4 is 10.1 Å². The van der Waals surface area contributed by atoms with Crippen molar-refractivity contribution >= 4 is 5.97 Å². The number of fused-ring (bicyclic) bond motifs is 1. The first-order valence-electron chi connectivity index (χ1n) is 11.0. The molecule has 1 saturated heterocycles. The van der Waals surface area contributed by atoms with Crippen molar-refractivity contribution in [3.05, 3.63) is 59.9 Å². The van der Waals surface area contributed by atoms with Crippen LogP contribution in [-0.2, 0) is 22.5 Å². The molecule has 0 bridgehead atoms. The molecule has 0 amide bonds. The monoisotopic (exact) mass is 425 g/mol. The summed E-state index contributed by atoms with van der Waals surface area (Å²) in [5, 5.41) is 12.8. The quantitative estimate of drug-likeness (QED) is 0.505. The van der Waals surface area contributed by atoms with Crippen molar-refractivity contribution in [1.29, 1.82) is 0 Å². The Balaban J connectivity index is 1.11. The summed E-state index contributed by atoms with van der Waals surface area (Å²) in [4.78, 5) is 17.8. The van der Waals surface area contributed by atoms with Crippen LogP contribution in [-0.4, -0.2) is 66.0 Å². The zero-order valence-electron chi connectivity index (χ0n) is 17.9. The van der Waals surface area contributed by atoms with Crippen molar-refractivity contribution in [2.24, 2.45) is 11.8 Å². The summed E-state index contributed by atoms with van der Waals surface area (Å²) in [5.74, 6) is 1.38. The van der Waals surface area contributed by atoms with Gasteiger partial charge in [-0.3, -0.25) is 9.88 Å². The molecular formula is C24H31N3O4. The molecule has 2 N–H and O–H groups in total. The van der Waals surface area contributed by atoms with Crippen molar-refractivity contribution in [2.45, 2.75) is 32.0 Å². The van der Waals surface area contributed by atoms with E-state index in [-0.39, 0.29) is 0 Å². The first kappa shape index (κ1) is 21.7. The molecule has 2 fully saturated rings. The minimum atomic E-state index is -0.932. The molecule has 7 nitrogen and oxygen atoms in total. The Morgan fingerprint density at radius 2 is 1.87 bits per heavy atom. The second kappa shape index (κ2) is 10.2. The van der Waals surface area contributed by atoms with Gasteiger partial charge in [0.1, 0.15) is 12.4 Å².